The second kappa shape index (κ2) is 7.18. The topological polar surface area (TPSA) is 117 Å². The van der Waals surface area contributed by atoms with Gasteiger partial charge in [-0.1, -0.05) is 0 Å². The Morgan fingerprint density at radius 2 is 2.00 bits per heavy atom. The molecule has 9 heteroatoms. The van der Waals surface area contributed by atoms with Crippen LogP contribution < -0.4 is 15.3 Å². The van der Waals surface area contributed by atoms with E-state index in [0.717, 1.165) is 24.4 Å². The molecule has 0 unspecified atom stereocenters. The van der Waals surface area contributed by atoms with Crippen molar-refractivity contribution < 1.29 is 24.0 Å². The number of nitrogens with zero attached hydrogens (tertiary/aromatic N) is 2. The molecule has 0 heterocycles. The average molecular weight is 332 g/mol. The number of amides is 1. The van der Waals surface area contributed by atoms with Crippen molar-refractivity contribution in [3.8, 4) is 11.5 Å². The maximum atomic E-state index is 12.8. The van der Waals surface area contributed by atoms with Gasteiger partial charge in [0.15, 0.2) is 0 Å². The SMILES string of the molecule is COc1cc(C=NNC(=O)c2ccc(F)cc2)cc([N+](=O)[O-])c1[O-]. The largest absolute Gasteiger partial charge is 0.865 e. The molecule has 1 amide bonds. The van der Waals surface area contributed by atoms with Crippen LogP contribution >= 0.6 is 0 Å². The second-order valence-corrected chi connectivity index (χ2v) is 4.53. The number of carbonyl (C=O) groups is 1. The van der Waals surface area contributed by atoms with Crippen LogP contribution in [0.25, 0.3) is 0 Å². The molecule has 0 atom stereocenters. The summed E-state index contributed by atoms with van der Waals surface area (Å²) in [7, 11) is 1.21. The first-order valence-corrected chi connectivity index (χ1v) is 6.54. The molecule has 0 aromatic heterocycles. The van der Waals surface area contributed by atoms with E-state index in [4.69, 9.17) is 4.74 Å². The summed E-state index contributed by atoms with van der Waals surface area (Å²) >= 11 is 0. The van der Waals surface area contributed by atoms with Gasteiger partial charge in [0.05, 0.1) is 18.2 Å². The molecular formula is C15H11FN3O5-. The van der Waals surface area contributed by atoms with E-state index in [0.29, 0.717) is 0 Å². The van der Waals surface area contributed by atoms with Crippen molar-refractivity contribution in [2.75, 3.05) is 7.11 Å². The van der Waals surface area contributed by atoms with E-state index in [1.165, 1.54) is 25.3 Å². The van der Waals surface area contributed by atoms with Crippen molar-refractivity contribution >= 4 is 17.8 Å². The van der Waals surface area contributed by atoms with Crippen LogP contribution in [0.3, 0.4) is 0 Å². The number of nitro groups is 1. The van der Waals surface area contributed by atoms with E-state index < -0.39 is 28.1 Å². The van der Waals surface area contributed by atoms with Crippen molar-refractivity contribution in [2.24, 2.45) is 5.10 Å². The van der Waals surface area contributed by atoms with Gasteiger partial charge in [-0.25, -0.2) is 9.82 Å². The number of ether oxygens (including phenoxy) is 1. The minimum atomic E-state index is -0.852. The number of rotatable bonds is 5. The molecule has 2 aromatic rings. The van der Waals surface area contributed by atoms with Crippen LogP contribution in [0.5, 0.6) is 11.5 Å². The Bertz CT molecular complexity index is 806. The third-order valence-corrected chi connectivity index (χ3v) is 2.96. The number of benzene rings is 2. The molecule has 0 radical (unpaired) electrons. The number of methoxy groups -OCH3 is 1. The molecular weight excluding hydrogens is 321 g/mol. The van der Waals surface area contributed by atoms with Crippen molar-refractivity contribution in [3.05, 3.63) is 63.5 Å². The third-order valence-electron chi connectivity index (χ3n) is 2.96. The van der Waals surface area contributed by atoms with Gasteiger partial charge in [-0.3, -0.25) is 14.9 Å². The first-order chi connectivity index (χ1) is 11.4. The summed E-state index contributed by atoms with van der Waals surface area (Å²) < 4.78 is 17.6. The Morgan fingerprint density at radius 3 is 2.58 bits per heavy atom. The highest BCUT2D eigenvalue weighted by Gasteiger charge is 2.12. The van der Waals surface area contributed by atoms with Gasteiger partial charge in [0, 0.05) is 22.9 Å². The van der Waals surface area contributed by atoms with Crippen LogP contribution in [-0.2, 0) is 0 Å². The van der Waals surface area contributed by atoms with Gasteiger partial charge in [0.1, 0.15) is 11.6 Å². The van der Waals surface area contributed by atoms with E-state index in [1.807, 2.05) is 0 Å². The lowest BCUT2D eigenvalue weighted by Gasteiger charge is -2.12. The van der Waals surface area contributed by atoms with Crippen LogP contribution in [0, 0.1) is 15.9 Å². The molecule has 0 aliphatic rings. The highest BCUT2D eigenvalue weighted by atomic mass is 19.1. The van der Waals surface area contributed by atoms with E-state index >= 15 is 0 Å². The zero-order chi connectivity index (χ0) is 17.7. The fourth-order valence-electron chi connectivity index (χ4n) is 1.80. The van der Waals surface area contributed by atoms with Crippen LogP contribution in [-0.4, -0.2) is 24.2 Å². The Balaban J connectivity index is 2.16. The number of nitrogens with one attached hydrogen (secondary N) is 1. The van der Waals surface area contributed by atoms with Crippen molar-refractivity contribution in [3.63, 3.8) is 0 Å². The molecule has 8 nitrogen and oxygen atoms in total. The number of hydrazone groups is 1. The molecule has 0 aliphatic carbocycles. The summed E-state index contributed by atoms with van der Waals surface area (Å²) in [4.78, 5) is 21.8. The van der Waals surface area contributed by atoms with E-state index in [1.54, 1.807) is 0 Å². The van der Waals surface area contributed by atoms with Gasteiger partial charge >= 0.3 is 0 Å². The standard InChI is InChI=1S/C15H12FN3O5/c1-24-13-7-9(6-12(14(13)20)19(22)23)8-17-18-15(21)10-2-4-11(16)5-3-10/h2-8,20H,1H3,(H,18,21)/p-1. The molecule has 24 heavy (non-hydrogen) atoms. The van der Waals surface area contributed by atoms with Gasteiger partial charge in [-0.05, 0) is 30.3 Å². The van der Waals surface area contributed by atoms with Crippen LogP contribution in [0.1, 0.15) is 15.9 Å². The summed E-state index contributed by atoms with van der Waals surface area (Å²) in [5.41, 5.74) is 1.90. The molecule has 0 saturated carbocycles. The second-order valence-electron chi connectivity index (χ2n) is 4.53. The molecule has 0 saturated heterocycles. The Labute approximate surface area is 135 Å². The number of nitro benzene ring substituents is 1. The van der Waals surface area contributed by atoms with E-state index in [2.05, 4.69) is 10.5 Å². The maximum Gasteiger partial charge on any atom is 0.271 e. The number of halogens is 1. The van der Waals surface area contributed by atoms with Gasteiger partial charge in [0.2, 0.25) is 0 Å². The normalized spacial score (nSPS) is 10.6. The first kappa shape index (κ1) is 16.9. The summed E-state index contributed by atoms with van der Waals surface area (Å²) in [5, 5.41) is 26.2. The van der Waals surface area contributed by atoms with Gasteiger partial charge in [0.25, 0.3) is 11.6 Å². The van der Waals surface area contributed by atoms with E-state index in [-0.39, 0.29) is 16.9 Å². The third kappa shape index (κ3) is 3.83. The summed E-state index contributed by atoms with van der Waals surface area (Å²) in [6.45, 7) is 0. The average Bonchev–Trinajstić information content (AvgIpc) is 2.56. The van der Waals surface area contributed by atoms with Crippen LogP contribution in [0.15, 0.2) is 41.5 Å². The smallest absolute Gasteiger partial charge is 0.271 e. The summed E-state index contributed by atoms with van der Waals surface area (Å²) in [5.74, 6) is -2.13. The molecule has 0 fully saturated rings. The first-order valence-electron chi connectivity index (χ1n) is 6.54. The molecule has 124 valence electrons. The zero-order valence-corrected chi connectivity index (χ0v) is 12.4. The fourth-order valence-corrected chi connectivity index (χ4v) is 1.80. The Morgan fingerprint density at radius 1 is 1.33 bits per heavy atom. The van der Waals surface area contributed by atoms with Crippen molar-refractivity contribution in [1.29, 1.82) is 0 Å². The lowest BCUT2D eigenvalue weighted by Crippen LogP contribution is -2.17. The van der Waals surface area contributed by atoms with Crippen molar-refractivity contribution in [1.82, 2.24) is 5.43 Å². The molecule has 2 rings (SSSR count). The summed E-state index contributed by atoms with van der Waals surface area (Å²) in [6, 6.07) is 7.07. The molecule has 0 bridgehead atoms. The maximum absolute atomic E-state index is 12.8. The number of hydrogen-bond acceptors (Lipinski definition) is 6. The molecule has 1 N–H and O–H groups in total. The predicted octanol–water partition coefficient (Wildman–Crippen LogP) is 1.58. The predicted molar refractivity (Wildman–Crippen MR) is 80.6 cm³/mol. The van der Waals surface area contributed by atoms with E-state index in [9.17, 15) is 24.4 Å². The lowest BCUT2D eigenvalue weighted by molar-refractivity contribution is -0.398. The minimum Gasteiger partial charge on any atom is -0.865 e. The van der Waals surface area contributed by atoms with Crippen LogP contribution in [0.4, 0.5) is 10.1 Å². The van der Waals surface area contributed by atoms with Crippen LogP contribution in [0.2, 0.25) is 0 Å². The van der Waals surface area contributed by atoms with Gasteiger partial charge in [-0.15, -0.1) is 0 Å². The minimum absolute atomic E-state index is 0.187. The molecule has 0 aliphatic heterocycles. The Hall–Kier alpha value is -3.49. The number of carbonyl (C=O) groups excluding carboxylic acids is 1. The highest BCUT2D eigenvalue weighted by Crippen LogP contribution is 2.33. The number of hydrogen-bond donors (Lipinski definition) is 1. The molecule has 0 spiro atoms. The Kier molecular flexibility index (Phi) is 5.05. The quantitative estimate of drug-likeness (QED) is 0.507. The highest BCUT2D eigenvalue weighted by molar-refractivity contribution is 5.95. The fraction of sp³-hybridized carbons (Fsp3) is 0.0667. The van der Waals surface area contributed by atoms with Gasteiger partial charge < -0.3 is 9.84 Å². The monoisotopic (exact) mass is 332 g/mol. The zero-order valence-electron chi connectivity index (χ0n) is 12.4. The molecule has 2 aromatic carbocycles. The summed E-state index contributed by atoms with van der Waals surface area (Å²) in [6.07, 6.45) is 1.12. The van der Waals surface area contributed by atoms with Crippen molar-refractivity contribution in [2.45, 2.75) is 0 Å². The lowest BCUT2D eigenvalue weighted by atomic mass is 10.2. The van der Waals surface area contributed by atoms with Gasteiger partial charge in [-0.2, -0.15) is 5.10 Å².